The SMILES string of the molecule is COC(=O)C(OC(C)=O)c1cccc(OC(C)=O)c1. The summed E-state index contributed by atoms with van der Waals surface area (Å²) in [5, 5.41) is 0. The van der Waals surface area contributed by atoms with E-state index in [2.05, 4.69) is 4.74 Å². The fourth-order valence-electron chi connectivity index (χ4n) is 1.43. The van der Waals surface area contributed by atoms with Crippen LogP contribution in [0.5, 0.6) is 5.75 Å². The molecular weight excluding hydrogens is 252 g/mol. The van der Waals surface area contributed by atoms with Crippen molar-refractivity contribution in [2.45, 2.75) is 20.0 Å². The quantitative estimate of drug-likeness (QED) is 0.605. The summed E-state index contributed by atoms with van der Waals surface area (Å²) in [6.45, 7) is 2.45. The summed E-state index contributed by atoms with van der Waals surface area (Å²) in [7, 11) is 1.19. The molecule has 0 saturated heterocycles. The van der Waals surface area contributed by atoms with Crippen LogP contribution in [0.4, 0.5) is 0 Å². The Morgan fingerprint density at radius 3 is 2.32 bits per heavy atom. The van der Waals surface area contributed by atoms with Gasteiger partial charge in [-0.25, -0.2) is 4.79 Å². The number of methoxy groups -OCH3 is 1. The number of carbonyl (C=O) groups excluding carboxylic acids is 3. The first-order valence-electron chi connectivity index (χ1n) is 5.47. The molecule has 0 aliphatic heterocycles. The molecule has 0 bridgehead atoms. The van der Waals surface area contributed by atoms with Gasteiger partial charge < -0.3 is 14.2 Å². The lowest BCUT2D eigenvalue weighted by Crippen LogP contribution is -2.19. The Kier molecular flexibility index (Phi) is 5.05. The van der Waals surface area contributed by atoms with Crippen LogP contribution in [0.1, 0.15) is 25.5 Å². The largest absolute Gasteiger partial charge is 0.466 e. The van der Waals surface area contributed by atoms with Crippen LogP contribution in [-0.2, 0) is 23.9 Å². The van der Waals surface area contributed by atoms with Crippen molar-refractivity contribution in [1.29, 1.82) is 0 Å². The van der Waals surface area contributed by atoms with Gasteiger partial charge in [-0.2, -0.15) is 0 Å². The van der Waals surface area contributed by atoms with E-state index in [1.807, 2.05) is 0 Å². The number of hydrogen-bond donors (Lipinski definition) is 0. The van der Waals surface area contributed by atoms with Gasteiger partial charge >= 0.3 is 17.9 Å². The van der Waals surface area contributed by atoms with E-state index in [1.165, 1.54) is 27.0 Å². The monoisotopic (exact) mass is 266 g/mol. The second-order valence-corrected chi connectivity index (χ2v) is 3.68. The highest BCUT2D eigenvalue weighted by atomic mass is 16.6. The number of benzene rings is 1. The fraction of sp³-hybridized carbons (Fsp3) is 0.308. The first-order valence-corrected chi connectivity index (χ1v) is 5.47. The molecule has 6 nitrogen and oxygen atoms in total. The van der Waals surface area contributed by atoms with Crippen molar-refractivity contribution in [3.63, 3.8) is 0 Å². The van der Waals surface area contributed by atoms with Gasteiger partial charge in [0.15, 0.2) is 0 Å². The number of esters is 3. The molecule has 1 rings (SSSR count). The topological polar surface area (TPSA) is 78.9 Å². The Balaban J connectivity index is 3.04. The third kappa shape index (κ3) is 4.42. The van der Waals surface area contributed by atoms with E-state index in [9.17, 15) is 14.4 Å². The molecule has 102 valence electrons. The van der Waals surface area contributed by atoms with Crippen molar-refractivity contribution in [1.82, 2.24) is 0 Å². The highest BCUT2D eigenvalue weighted by molar-refractivity contribution is 5.80. The Labute approximate surface area is 110 Å². The number of carbonyl (C=O) groups is 3. The lowest BCUT2D eigenvalue weighted by Gasteiger charge is -2.15. The van der Waals surface area contributed by atoms with E-state index in [1.54, 1.807) is 18.2 Å². The summed E-state index contributed by atoms with van der Waals surface area (Å²) < 4.78 is 14.4. The number of hydrogen-bond acceptors (Lipinski definition) is 6. The molecule has 1 atom stereocenters. The van der Waals surface area contributed by atoms with Crippen molar-refractivity contribution in [3.8, 4) is 5.75 Å². The van der Waals surface area contributed by atoms with Gasteiger partial charge in [0.25, 0.3) is 0 Å². The van der Waals surface area contributed by atoms with Crippen LogP contribution in [0.3, 0.4) is 0 Å². The Hall–Kier alpha value is -2.37. The molecule has 1 aromatic carbocycles. The minimum atomic E-state index is -1.18. The van der Waals surface area contributed by atoms with Crippen LogP contribution in [0.15, 0.2) is 24.3 Å². The summed E-state index contributed by atoms with van der Waals surface area (Å²) in [4.78, 5) is 33.4. The molecule has 0 spiro atoms. The molecule has 0 N–H and O–H groups in total. The van der Waals surface area contributed by atoms with Crippen molar-refractivity contribution >= 4 is 17.9 Å². The van der Waals surface area contributed by atoms with Gasteiger partial charge in [0.2, 0.25) is 6.10 Å². The molecule has 0 aliphatic rings. The van der Waals surface area contributed by atoms with Gasteiger partial charge in [-0.3, -0.25) is 9.59 Å². The minimum absolute atomic E-state index is 0.256. The first kappa shape index (κ1) is 14.7. The zero-order valence-electron chi connectivity index (χ0n) is 10.8. The molecule has 0 heterocycles. The van der Waals surface area contributed by atoms with Gasteiger partial charge in [0.1, 0.15) is 5.75 Å². The van der Waals surface area contributed by atoms with Crippen molar-refractivity contribution < 1.29 is 28.6 Å². The highest BCUT2D eigenvalue weighted by Gasteiger charge is 2.25. The Bertz CT molecular complexity index is 494. The molecule has 0 aromatic heterocycles. The maximum absolute atomic E-state index is 11.6. The van der Waals surface area contributed by atoms with Crippen LogP contribution < -0.4 is 4.74 Å². The van der Waals surface area contributed by atoms with E-state index in [-0.39, 0.29) is 5.75 Å². The molecule has 1 aromatic rings. The smallest absolute Gasteiger partial charge is 0.351 e. The van der Waals surface area contributed by atoms with E-state index in [0.29, 0.717) is 5.56 Å². The molecular formula is C13H14O6. The lowest BCUT2D eigenvalue weighted by atomic mass is 10.1. The number of ether oxygens (including phenoxy) is 3. The van der Waals surface area contributed by atoms with E-state index in [0.717, 1.165) is 0 Å². The maximum Gasteiger partial charge on any atom is 0.351 e. The zero-order valence-corrected chi connectivity index (χ0v) is 10.8. The van der Waals surface area contributed by atoms with Crippen LogP contribution in [0.2, 0.25) is 0 Å². The molecule has 0 saturated carbocycles. The predicted octanol–water partition coefficient (Wildman–Crippen LogP) is 1.39. The summed E-state index contributed by atoms with van der Waals surface area (Å²) in [6.07, 6.45) is -1.18. The Morgan fingerprint density at radius 2 is 1.79 bits per heavy atom. The standard InChI is InChI=1S/C13H14O6/c1-8(14)18-11-6-4-5-10(7-11)12(13(16)17-3)19-9(2)15/h4-7,12H,1-3H3. The zero-order chi connectivity index (χ0) is 14.4. The molecule has 0 aliphatic carbocycles. The summed E-state index contributed by atoms with van der Waals surface area (Å²) >= 11 is 0. The molecule has 0 radical (unpaired) electrons. The highest BCUT2D eigenvalue weighted by Crippen LogP contribution is 2.23. The minimum Gasteiger partial charge on any atom is -0.466 e. The second kappa shape index (κ2) is 6.53. The van der Waals surface area contributed by atoms with E-state index < -0.39 is 24.0 Å². The Morgan fingerprint density at radius 1 is 1.11 bits per heavy atom. The van der Waals surface area contributed by atoms with Gasteiger partial charge in [-0.05, 0) is 12.1 Å². The second-order valence-electron chi connectivity index (χ2n) is 3.68. The normalized spacial score (nSPS) is 11.3. The van der Waals surface area contributed by atoms with Crippen molar-refractivity contribution in [2.24, 2.45) is 0 Å². The average Bonchev–Trinajstić information content (AvgIpc) is 2.34. The van der Waals surface area contributed by atoms with E-state index in [4.69, 9.17) is 9.47 Å². The molecule has 1 unspecified atom stereocenters. The predicted molar refractivity (Wildman–Crippen MR) is 64.3 cm³/mol. The maximum atomic E-state index is 11.6. The van der Waals surface area contributed by atoms with Crippen LogP contribution in [0, 0.1) is 0 Å². The first-order chi connectivity index (χ1) is 8.93. The van der Waals surface area contributed by atoms with Crippen molar-refractivity contribution in [2.75, 3.05) is 7.11 Å². The number of rotatable bonds is 4. The lowest BCUT2D eigenvalue weighted by molar-refractivity contribution is -0.165. The molecule has 0 amide bonds. The summed E-state index contributed by atoms with van der Waals surface area (Å²) in [5.41, 5.74) is 0.362. The van der Waals surface area contributed by atoms with Gasteiger partial charge in [0, 0.05) is 19.4 Å². The van der Waals surface area contributed by atoms with Crippen LogP contribution in [0.25, 0.3) is 0 Å². The molecule has 6 heteroatoms. The van der Waals surface area contributed by atoms with Gasteiger partial charge in [-0.15, -0.1) is 0 Å². The summed E-state index contributed by atoms with van der Waals surface area (Å²) in [5.74, 6) is -1.56. The average molecular weight is 266 g/mol. The van der Waals surface area contributed by atoms with Crippen LogP contribution >= 0.6 is 0 Å². The third-order valence-corrected chi connectivity index (χ3v) is 2.12. The van der Waals surface area contributed by atoms with Gasteiger partial charge in [-0.1, -0.05) is 12.1 Å². The molecule has 0 fully saturated rings. The van der Waals surface area contributed by atoms with Crippen LogP contribution in [-0.4, -0.2) is 25.0 Å². The van der Waals surface area contributed by atoms with E-state index >= 15 is 0 Å². The van der Waals surface area contributed by atoms with Gasteiger partial charge in [0.05, 0.1) is 7.11 Å². The molecule has 19 heavy (non-hydrogen) atoms. The summed E-state index contributed by atoms with van der Waals surface area (Å²) in [6, 6.07) is 6.13. The van der Waals surface area contributed by atoms with Crippen molar-refractivity contribution in [3.05, 3.63) is 29.8 Å². The third-order valence-electron chi connectivity index (χ3n) is 2.12. The fourth-order valence-corrected chi connectivity index (χ4v) is 1.43.